The van der Waals surface area contributed by atoms with Gasteiger partial charge in [-0.2, -0.15) is 0 Å². The lowest BCUT2D eigenvalue weighted by molar-refractivity contribution is -0.116. The van der Waals surface area contributed by atoms with Crippen LogP contribution >= 0.6 is 0 Å². The molecule has 0 aromatic heterocycles. The first-order valence-electron chi connectivity index (χ1n) is 7.47. The third-order valence-electron chi connectivity index (χ3n) is 3.59. The molecule has 0 aliphatic heterocycles. The van der Waals surface area contributed by atoms with E-state index in [1.807, 2.05) is 38.4 Å². The van der Waals surface area contributed by atoms with Crippen LogP contribution in [0.15, 0.2) is 24.3 Å². The molecule has 0 saturated heterocycles. The van der Waals surface area contributed by atoms with Crippen molar-refractivity contribution in [3.05, 3.63) is 24.3 Å². The molecule has 0 spiro atoms. The standard InChI is InChI=1S/C16H25N3O2/c1-19(2)9-10-21-14-7-5-13(6-8-14)18-16(20)11-15(17)12-3-4-12/h5-8,12,15H,3-4,9-11,17H2,1-2H3,(H,18,20). The molecule has 5 heteroatoms. The van der Waals surface area contributed by atoms with Crippen LogP contribution in [0.1, 0.15) is 19.3 Å². The molecule has 3 N–H and O–H groups in total. The van der Waals surface area contributed by atoms with Gasteiger partial charge in [-0.1, -0.05) is 0 Å². The van der Waals surface area contributed by atoms with Crippen LogP contribution in [0.5, 0.6) is 5.75 Å². The minimum atomic E-state index is -0.0179. The number of benzene rings is 1. The van der Waals surface area contributed by atoms with Crippen molar-refractivity contribution in [3.63, 3.8) is 0 Å². The smallest absolute Gasteiger partial charge is 0.225 e. The minimum Gasteiger partial charge on any atom is -0.492 e. The van der Waals surface area contributed by atoms with Crippen molar-refractivity contribution in [1.29, 1.82) is 0 Å². The van der Waals surface area contributed by atoms with E-state index in [2.05, 4.69) is 10.2 Å². The zero-order valence-electron chi connectivity index (χ0n) is 12.8. The highest BCUT2D eigenvalue weighted by Gasteiger charge is 2.29. The zero-order valence-corrected chi connectivity index (χ0v) is 12.8. The Morgan fingerprint density at radius 1 is 1.38 bits per heavy atom. The number of anilines is 1. The normalized spacial score (nSPS) is 15.8. The number of likely N-dealkylation sites (N-methyl/N-ethyl adjacent to an activating group) is 1. The van der Waals surface area contributed by atoms with Gasteiger partial charge < -0.3 is 20.7 Å². The van der Waals surface area contributed by atoms with E-state index in [0.717, 1.165) is 30.8 Å². The lowest BCUT2D eigenvalue weighted by atomic mass is 10.1. The Labute approximate surface area is 126 Å². The number of carbonyl (C=O) groups is 1. The predicted molar refractivity (Wildman–Crippen MR) is 84.4 cm³/mol. The van der Waals surface area contributed by atoms with Gasteiger partial charge in [-0.3, -0.25) is 4.79 Å². The summed E-state index contributed by atoms with van der Waals surface area (Å²) in [6, 6.07) is 7.44. The zero-order chi connectivity index (χ0) is 15.2. The average molecular weight is 291 g/mol. The van der Waals surface area contributed by atoms with Gasteiger partial charge in [0.25, 0.3) is 0 Å². The number of amides is 1. The molecule has 1 unspecified atom stereocenters. The third kappa shape index (κ3) is 5.73. The van der Waals surface area contributed by atoms with Crippen molar-refractivity contribution in [1.82, 2.24) is 4.90 Å². The maximum Gasteiger partial charge on any atom is 0.225 e. The lowest BCUT2D eigenvalue weighted by Gasteiger charge is -2.12. The van der Waals surface area contributed by atoms with Gasteiger partial charge in [0.2, 0.25) is 5.91 Å². The fourth-order valence-electron chi connectivity index (χ4n) is 2.10. The van der Waals surface area contributed by atoms with E-state index in [0.29, 0.717) is 18.9 Å². The summed E-state index contributed by atoms with van der Waals surface area (Å²) in [5.41, 5.74) is 6.73. The number of rotatable bonds is 8. The molecule has 116 valence electrons. The summed E-state index contributed by atoms with van der Waals surface area (Å²) >= 11 is 0. The second-order valence-electron chi connectivity index (χ2n) is 5.93. The largest absolute Gasteiger partial charge is 0.492 e. The molecular weight excluding hydrogens is 266 g/mol. The fourth-order valence-corrected chi connectivity index (χ4v) is 2.10. The fraction of sp³-hybridized carbons (Fsp3) is 0.562. The van der Waals surface area contributed by atoms with Crippen LogP contribution < -0.4 is 15.8 Å². The Kier molecular flexibility index (Phi) is 5.59. The van der Waals surface area contributed by atoms with Crippen LogP contribution in [0.4, 0.5) is 5.69 Å². The molecular formula is C16H25N3O2. The van der Waals surface area contributed by atoms with Crippen molar-refractivity contribution < 1.29 is 9.53 Å². The molecule has 1 aliphatic carbocycles. The number of nitrogens with zero attached hydrogens (tertiary/aromatic N) is 1. The summed E-state index contributed by atoms with van der Waals surface area (Å²) in [4.78, 5) is 13.9. The van der Waals surface area contributed by atoms with E-state index < -0.39 is 0 Å². The predicted octanol–water partition coefficient (Wildman–Crippen LogP) is 1.69. The first-order valence-corrected chi connectivity index (χ1v) is 7.47. The maximum absolute atomic E-state index is 11.9. The van der Waals surface area contributed by atoms with Crippen molar-refractivity contribution in [2.24, 2.45) is 11.7 Å². The van der Waals surface area contributed by atoms with Crippen molar-refractivity contribution in [2.75, 3.05) is 32.6 Å². The number of ether oxygens (including phenoxy) is 1. The molecule has 1 aliphatic rings. The van der Waals surface area contributed by atoms with Crippen molar-refractivity contribution in [2.45, 2.75) is 25.3 Å². The SMILES string of the molecule is CN(C)CCOc1ccc(NC(=O)CC(N)C2CC2)cc1. The van der Waals surface area contributed by atoms with Gasteiger partial charge >= 0.3 is 0 Å². The molecule has 0 heterocycles. The monoisotopic (exact) mass is 291 g/mol. The third-order valence-corrected chi connectivity index (χ3v) is 3.59. The number of carbonyl (C=O) groups excluding carboxylic acids is 1. The van der Waals surface area contributed by atoms with E-state index in [4.69, 9.17) is 10.5 Å². The molecule has 0 bridgehead atoms. The van der Waals surface area contributed by atoms with Crippen LogP contribution in [0.25, 0.3) is 0 Å². The van der Waals surface area contributed by atoms with E-state index in [-0.39, 0.29) is 11.9 Å². The molecule has 2 rings (SSSR count). The molecule has 1 aromatic rings. The number of hydrogen-bond acceptors (Lipinski definition) is 4. The highest BCUT2D eigenvalue weighted by Crippen LogP contribution is 2.32. The average Bonchev–Trinajstić information content (AvgIpc) is 3.24. The lowest BCUT2D eigenvalue weighted by Crippen LogP contribution is -2.28. The summed E-state index contributed by atoms with van der Waals surface area (Å²) < 4.78 is 5.61. The highest BCUT2D eigenvalue weighted by atomic mass is 16.5. The van der Waals surface area contributed by atoms with E-state index in [9.17, 15) is 4.79 Å². The second kappa shape index (κ2) is 7.43. The van der Waals surface area contributed by atoms with Gasteiger partial charge in [0.1, 0.15) is 12.4 Å². The molecule has 0 radical (unpaired) electrons. The Hall–Kier alpha value is -1.59. The Bertz CT molecular complexity index is 455. The van der Waals surface area contributed by atoms with E-state index in [1.54, 1.807) is 0 Å². The summed E-state index contributed by atoms with van der Waals surface area (Å²) in [6.07, 6.45) is 2.71. The van der Waals surface area contributed by atoms with E-state index >= 15 is 0 Å². The Morgan fingerprint density at radius 3 is 2.62 bits per heavy atom. The van der Waals surface area contributed by atoms with Gasteiger partial charge in [-0.15, -0.1) is 0 Å². The van der Waals surface area contributed by atoms with Gasteiger partial charge in [-0.05, 0) is 57.1 Å². The molecule has 1 aromatic carbocycles. The topological polar surface area (TPSA) is 67.6 Å². The van der Waals surface area contributed by atoms with Crippen LogP contribution in [0.3, 0.4) is 0 Å². The van der Waals surface area contributed by atoms with Crippen LogP contribution in [0.2, 0.25) is 0 Å². The van der Waals surface area contributed by atoms with Gasteiger partial charge in [0.15, 0.2) is 0 Å². The summed E-state index contributed by atoms with van der Waals surface area (Å²) in [5, 5.41) is 2.87. The molecule has 1 amide bonds. The van der Waals surface area contributed by atoms with Crippen molar-refractivity contribution in [3.8, 4) is 5.75 Å². The van der Waals surface area contributed by atoms with Gasteiger partial charge in [0.05, 0.1) is 0 Å². The Balaban J connectivity index is 1.74. The molecule has 1 atom stereocenters. The quantitative estimate of drug-likeness (QED) is 0.765. The number of hydrogen-bond donors (Lipinski definition) is 2. The van der Waals surface area contributed by atoms with Crippen molar-refractivity contribution >= 4 is 11.6 Å². The Morgan fingerprint density at radius 2 is 2.05 bits per heavy atom. The van der Waals surface area contributed by atoms with Gasteiger partial charge in [-0.25, -0.2) is 0 Å². The number of nitrogens with two attached hydrogens (primary N) is 1. The molecule has 1 fully saturated rings. The second-order valence-corrected chi connectivity index (χ2v) is 5.93. The molecule has 21 heavy (non-hydrogen) atoms. The molecule has 1 saturated carbocycles. The molecule has 5 nitrogen and oxygen atoms in total. The first-order chi connectivity index (χ1) is 10.0. The van der Waals surface area contributed by atoms with Crippen LogP contribution in [-0.2, 0) is 4.79 Å². The van der Waals surface area contributed by atoms with Crippen LogP contribution in [-0.4, -0.2) is 44.1 Å². The van der Waals surface area contributed by atoms with Crippen LogP contribution in [0, 0.1) is 5.92 Å². The highest BCUT2D eigenvalue weighted by molar-refractivity contribution is 5.91. The summed E-state index contributed by atoms with van der Waals surface area (Å²) in [7, 11) is 4.02. The van der Waals surface area contributed by atoms with Gasteiger partial charge in [0, 0.05) is 24.7 Å². The first kappa shape index (κ1) is 15.8. The van der Waals surface area contributed by atoms with E-state index in [1.165, 1.54) is 0 Å². The number of nitrogens with one attached hydrogen (secondary N) is 1. The summed E-state index contributed by atoms with van der Waals surface area (Å²) in [6.45, 7) is 1.52. The minimum absolute atomic E-state index is 0.00126. The maximum atomic E-state index is 11.9. The summed E-state index contributed by atoms with van der Waals surface area (Å²) in [5.74, 6) is 1.34.